The summed E-state index contributed by atoms with van der Waals surface area (Å²) in [7, 11) is 0. The molecule has 1 aromatic carbocycles. The summed E-state index contributed by atoms with van der Waals surface area (Å²) in [4.78, 5) is 24.0. The van der Waals surface area contributed by atoms with Crippen molar-refractivity contribution in [3.05, 3.63) is 76.4 Å². The van der Waals surface area contributed by atoms with Crippen LogP contribution in [0.4, 0.5) is 5.69 Å². The molecule has 30 heavy (non-hydrogen) atoms. The third kappa shape index (κ3) is 7.92. The van der Waals surface area contributed by atoms with E-state index in [1.165, 1.54) is 18.2 Å². The summed E-state index contributed by atoms with van der Waals surface area (Å²) in [6.07, 6.45) is 11.2. The Hall–Kier alpha value is -3.39. The summed E-state index contributed by atoms with van der Waals surface area (Å²) >= 11 is 0. The minimum atomic E-state index is -1.19. The number of carbonyl (C=O) groups excluding carboxylic acids is 1. The van der Waals surface area contributed by atoms with E-state index in [-0.39, 0.29) is 22.7 Å². The lowest BCUT2D eigenvalue weighted by Crippen LogP contribution is -2.17. The van der Waals surface area contributed by atoms with Gasteiger partial charge in [-0.3, -0.25) is 4.79 Å². The second kappa shape index (κ2) is 14.6. The summed E-state index contributed by atoms with van der Waals surface area (Å²) in [6, 6.07) is 6.06. The number of carboxylic acids is 1. The van der Waals surface area contributed by atoms with Crippen LogP contribution in [0.25, 0.3) is 0 Å². The summed E-state index contributed by atoms with van der Waals surface area (Å²) in [5.41, 5.74) is 2.81. The van der Waals surface area contributed by atoms with Gasteiger partial charge in [-0.05, 0) is 57.4 Å². The van der Waals surface area contributed by atoms with Gasteiger partial charge in [0.1, 0.15) is 0 Å². The molecule has 0 spiro atoms. The Kier molecular flexibility index (Phi) is 12.9. The Morgan fingerprint density at radius 2 is 1.87 bits per heavy atom. The number of hydrogen-bond acceptors (Lipinski definition) is 3. The summed E-state index contributed by atoms with van der Waals surface area (Å²) in [5, 5.41) is 20.9. The van der Waals surface area contributed by atoms with Gasteiger partial charge in [0.25, 0.3) is 5.91 Å². The number of anilines is 1. The second-order valence-corrected chi connectivity index (χ2v) is 6.07. The van der Waals surface area contributed by atoms with Crippen LogP contribution in [0.3, 0.4) is 0 Å². The maximum Gasteiger partial charge on any atom is 0.337 e. The first-order chi connectivity index (χ1) is 14.4. The average Bonchev–Trinajstić information content (AvgIpc) is 2.96. The fraction of sp³-hybridized carbons (Fsp3) is 0.320. The van der Waals surface area contributed by atoms with E-state index in [9.17, 15) is 14.7 Å². The highest BCUT2D eigenvalue weighted by molar-refractivity contribution is 6.09. The van der Waals surface area contributed by atoms with Gasteiger partial charge in [-0.1, -0.05) is 56.7 Å². The van der Waals surface area contributed by atoms with E-state index in [1.54, 1.807) is 6.08 Å². The fourth-order valence-electron chi connectivity index (χ4n) is 2.64. The number of allylic oxidation sites excluding steroid dienone is 6. The number of aromatic carboxylic acids is 1. The predicted molar refractivity (Wildman–Crippen MR) is 123 cm³/mol. The monoisotopic (exact) mass is 408 g/mol. The van der Waals surface area contributed by atoms with Crippen LogP contribution >= 0.6 is 0 Å². The van der Waals surface area contributed by atoms with Gasteiger partial charge in [0.05, 0.1) is 22.9 Å². The zero-order valence-corrected chi connectivity index (χ0v) is 18.7. The normalized spacial score (nSPS) is 12.5. The molecule has 0 unspecified atom stereocenters. The Morgan fingerprint density at radius 1 is 1.23 bits per heavy atom. The van der Waals surface area contributed by atoms with Crippen molar-refractivity contribution in [2.24, 2.45) is 0 Å². The van der Waals surface area contributed by atoms with E-state index in [4.69, 9.17) is 5.26 Å². The molecule has 1 aliphatic carbocycles. The first kappa shape index (κ1) is 26.6. The topological polar surface area (TPSA) is 90.2 Å². The largest absolute Gasteiger partial charge is 0.478 e. The van der Waals surface area contributed by atoms with Gasteiger partial charge in [-0.15, -0.1) is 0 Å². The molecule has 0 atom stereocenters. The Balaban J connectivity index is 0.00000125. The van der Waals surface area contributed by atoms with Crippen molar-refractivity contribution < 1.29 is 14.7 Å². The van der Waals surface area contributed by atoms with Gasteiger partial charge in [-0.25, -0.2) is 4.79 Å². The Labute approximate surface area is 180 Å². The number of rotatable bonds is 4. The predicted octanol–water partition coefficient (Wildman–Crippen LogP) is 6.42. The van der Waals surface area contributed by atoms with Gasteiger partial charge in [0.15, 0.2) is 0 Å². The lowest BCUT2D eigenvalue weighted by Gasteiger charge is -2.13. The molecule has 0 saturated carbocycles. The van der Waals surface area contributed by atoms with Crippen molar-refractivity contribution in [3.8, 4) is 6.07 Å². The van der Waals surface area contributed by atoms with E-state index < -0.39 is 5.97 Å². The molecule has 1 aliphatic rings. The molecule has 2 N–H and O–H groups in total. The van der Waals surface area contributed by atoms with E-state index >= 15 is 0 Å². The van der Waals surface area contributed by atoms with Crippen molar-refractivity contribution in [1.82, 2.24) is 0 Å². The summed E-state index contributed by atoms with van der Waals surface area (Å²) < 4.78 is 0. The molecular weight excluding hydrogens is 376 g/mol. The molecule has 0 saturated heterocycles. The van der Waals surface area contributed by atoms with Crippen LogP contribution in [0, 0.1) is 11.3 Å². The molecule has 5 heteroatoms. The third-order valence-electron chi connectivity index (χ3n) is 4.20. The molecular formula is C25H32N2O3. The van der Waals surface area contributed by atoms with Gasteiger partial charge in [0, 0.05) is 5.57 Å². The van der Waals surface area contributed by atoms with Crippen LogP contribution in [0.15, 0.2) is 65.3 Å². The number of carbonyl (C=O) groups is 2. The first-order valence-corrected chi connectivity index (χ1v) is 10.1. The molecule has 0 aromatic heterocycles. The highest BCUT2D eigenvalue weighted by Crippen LogP contribution is 2.25. The van der Waals surface area contributed by atoms with E-state index in [1.807, 2.05) is 65.8 Å². The number of benzene rings is 1. The number of amides is 1. The van der Waals surface area contributed by atoms with Crippen LogP contribution in [0.1, 0.15) is 70.3 Å². The Bertz CT molecular complexity index is 893. The maximum absolute atomic E-state index is 12.7. The summed E-state index contributed by atoms with van der Waals surface area (Å²) in [5.74, 6) is -1.55. The van der Waals surface area contributed by atoms with Gasteiger partial charge in [-0.2, -0.15) is 5.26 Å². The number of nitrogens with one attached hydrogen (secondary N) is 1. The quantitative estimate of drug-likeness (QED) is 0.563. The average molecular weight is 409 g/mol. The van der Waals surface area contributed by atoms with Crippen molar-refractivity contribution in [1.29, 1.82) is 5.26 Å². The molecule has 0 bridgehead atoms. The molecule has 0 heterocycles. The Morgan fingerprint density at radius 3 is 2.37 bits per heavy atom. The molecule has 1 amide bonds. The zero-order chi connectivity index (χ0) is 23.1. The lowest BCUT2D eigenvalue weighted by molar-refractivity contribution is -0.112. The third-order valence-corrected chi connectivity index (χ3v) is 4.20. The minimum Gasteiger partial charge on any atom is -0.478 e. The molecule has 0 fully saturated rings. The SMILES string of the molecule is C/C=C\C.CC.CCC1=C(C(=O)Nc2ccc(C#N)cc2C(=O)O)C=CCC=C1C. The fourth-order valence-corrected chi connectivity index (χ4v) is 2.64. The highest BCUT2D eigenvalue weighted by atomic mass is 16.4. The molecule has 160 valence electrons. The minimum absolute atomic E-state index is 0.106. The van der Waals surface area contributed by atoms with Crippen molar-refractivity contribution in [3.63, 3.8) is 0 Å². The summed E-state index contributed by atoms with van der Waals surface area (Å²) in [6.45, 7) is 11.9. The van der Waals surface area contributed by atoms with Crippen LogP contribution in [-0.4, -0.2) is 17.0 Å². The van der Waals surface area contributed by atoms with Gasteiger partial charge in [0.2, 0.25) is 0 Å². The molecule has 1 aromatic rings. The standard InChI is InChI=1S/C19H18N2O3.C4H8.C2H6/c1-3-14-12(2)6-4-5-7-15(14)18(22)21-17-9-8-13(11-20)10-16(17)19(23)24;1-3-4-2;1-2/h5-10H,3-4H2,1-2H3,(H,21,22)(H,23,24);3-4H,1-2H3;1-2H3/b;4-3-;. The number of nitriles is 1. The van der Waals surface area contributed by atoms with Crippen LogP contribution < -0.4 is 5.32 Å². The molecule has 2 rings (SSSR count). The smallest absolute Gasteiger partial charge is 0.337 e. The van der Waals surface area contributed by atoms with Gasteiger partial charge < -0.3 is 10.4 Å². The van der Waals surface area contributed by atoms with Crippen LogP contribution in [0.5, 0.6) is 0 Å². The maximum atomic E-state index is 12.7. The number of nitrogens with zero attached hydrogens (tertiary/aromatic N) is 1. The van der Waals surface area contributed by atoms with Crippen molar-refractivity contribution >= 4 is 17.6 Å². The molecule has 5 nitrogen and oxygen atoms in total. The molecule has 0 aliphatic heterocycles. The highest BCUT2D eigenvalue weighted by Gasteiger charge is 2.18. The van der Waals surface area contributed by atoms with Crippen LogP contribution in [-0.2, 0) is 4.79 Å². The van der Waals surface area contributed by atoms with E-state index in [0.29, 0.717) is 12.0 Å². The van der Waals surface area contributed by atoms with E-state index in [0.717, 1.165) is 17.6 Å². The van der Waals surface area contributed by atoms with Crippen molar-refractivity contribution in [2.75, 3.05) is 5.32 Å². The van der Waals surface area contributed by atoms with E-state index in [2.05, 4.69) is 11.4 Å². The zero-order valence-electron chi connectivity index (χ0n) is 18.7. The van der Waals surface area contributed by atoms with Crippen molar-refractivity contribution in [2.45, 2.75) is 54.4 Å². The number of carboxylic acid groups (broad SMARTS) is 1. The lowest BCUT2D eigenvalue weighted by atomic mass is 9.98. The molecule has 0 radical (unpaired) electrons. The first-order valence-electron chi connectivity index (χ1n) is 10.1. The van der Waals surface area contributed by atoms with Gasteiger partial charge >= 0.3 is 5.97 Å². The van der Waals surface area contributed by atoms with Crippen LogP contribution in [0.2, 0.25) is 0 Å². The number of hydrogen-bond donors (Lipinski definition) is 2. The second-order valence-electron chi connectivity index (χ2n) is 6.07.